The highest BCUT2D eigenvalue weighted by Gasteiger charge is 2.18. The van der Waals surface area contributed by atoms with Crippen LogP contribution in [0.4, 0.5) is 17.1 Å². The van der Waals surface area contributed by atoms with Crippen molar-refractivity contribution in [2.24, 2.45) is 0 Å². The smallest absolute Gasteiger partial charge is 0.271 e. The van der Waals surface area contributed by atoms with Crippen LogP contribution in [0.15, 0.2) is 75.7 Å². The average molecular weight is 519 g/mol. The Kier molecular flexibility index (Phi) is 6.40. The fraction of sp³-hybridized carbons (Fsp3) is 0. The maximum atomic E-state index is 12.6. The van der Waals surface area contributed by atoms with E-state index in [-0.39, 0.29) is 16.8 Å². The number of hydrogen-bond acceptors (Lipinski definition) is 4. The molecule has 0 aliphatic heterocycles. The molecule has 7 nitrogen and oxygen atoms in total. The molecule has 0 aliphatic carbocycles. The molecule has 0 aromatic heterocycles. The number of hydrogen-bond donors (Lipinski definition) is 2. The monoisotopic (exact) mass is 517 g/mol. The number of halogens is 2. The number of amides is 2. The van der Waals surface area contributed by atoms with Crippen LogP contribution < -0.4 is 10.6 Å². The maximum Gasteiger partial charge on any atom is 0.271 e. The highest BCUT2D eigenvalue weighted by atomic mass is 79.9. The molecule has 9 heteroatoms. The van der Waals surface area contributed by atoms with Gasteiger partial charge in [-0.15, -0.1) is 0 Å². The van der Waals surface area contributed by atoms with E-state index < -0.39 is 16.7 Å². The number of carbonyl (C=O) groups excluding carboxylic acids is 2. The second-order valence-corrected chi connectivity index (χ2v) is 7.78. The third kappa shape index (κ3) is 5.49. The van der Waals surface area contributed by atoms with E-state index in [0.29, 0.717) is 11.4 Å². The normalized spacial score (nSPS) is 10.3. The Morgan fingerprint density at radius 1 is 0.724 bits per heavy atom. The van der Waals surface area contributed by atoms with Crippen molar-refractivity contribution in [2.45, 2.75) is 0 Å². The molecule has 29 heavy (non-hydrogen) atoms. The van der Waals surface area contributed by atoms with Gasteiger partial charge in [0.1, 0.15) is 0 Å². The first-order valence-corrected chi connectivity index (χ1v) is 9.84. The van der Waals surface area contributed by atoms with Crippen LogP contribution in [0, 0.1) is 10.1 Å². The molecular weight excluding hydrogens is 506 g/mol. The molecule has 0 fully saturated rings. The summed E-state index contributed by atoms with van der Waals surface area (Å²) in [5.74, 6) is -1.12. The zero-order valence-corrected chi connectivity index (χ0v) is 17.9. The van der Waals surface area contributed by atoms with Gasteiger partial charge < -0.3 is 10.6 Å². The molecular formula is C20H13Br2N3O4. The number of nitro benzene ring substituents is 1. The minimum Gasteiger partial charge on any atom is -0.322 e. The molecule has 0 bridgehead atoms. The Morgan fingerprint density at radius 3 is 1.45 bits per heavy atom. The van der Waals surface area contributed by atoms with Crippen LogP contribution in [-0.4, -0.2) is 16.7 Å². The number of non-ortho nitro benzene ring substituents is 1. The van der Waals surface area contributed by atoms with Crippen LogP contribution in [0.25, 0.3) is 0 Å². The topological polar surface area (TPSA) is 101 Å². The van der Waals surface area contributed by atoms with Crippen LogP contribution >= 0.6 is 31.9 Å². The van der Waals surface area contributed by atoms with E-state index in [9.17, 15) is 19.7 Å². The van der Waals surface area contributed by atoms with Crippen molar-refractivity contribution in [1.82, 2.24) is 0 Å². The van der Waals surface area contributed by atoms with E-state index in [4.69, 9.17) is 0 Å². The summed E-state index contributed by atoms with van der Waals surface area (Å²) in [6.07, 6.45) is 0. The van der Waals surface area contributed by atoms with Crippen molar-refractivity contribution in [1.29, 1.82) is 0 Å². The van der Waals surface area contributed by atoms with Crippen LogP contribution in [0.3, 0.4) is 0 Å². The standard InChI is InChI=1S/C20H13Br2N3O4/c21-14-1-5-16(6-2-14)23-19(26)12-9-13(11-18(10-12)25(28)29)20(27)24-17-7-3-15(22)4-8-17/h1-11H,(H,23,26)(H,24,27). The van der Waals surface area contributed by atoms with E-state index in [0.717, 1.165) is 21.1 Å². The van der Waals surface area contributed by atoms with Gasteiger partial charge >= 0.3 is 0 Å². The van der Waals surface area contributed by atoms with Gasteiger partial charge in [0.15, 0.2) is 0 Å². The fourth-order valence-corrected chi connectivity index (χ4v) is 2.98. The van der Waals surface area contributed by atoms with Crippen molar-refractivity contribution in [2.75, 3.05) is 10.6 Å². The Hall–Kier alpha value is -3.04. The van der Waals surface area contributed by atoms with Crippen molar-refractivity contribution >= 4 is 60.7 Å². The second kappa shape index (κ2) is 8.97. The van der Waals surface area contributed by atoms with Gasteiger partial charge in [-0.3, -0.25) is 19.7 Å². The molecule has 0 saturated carbocycles. The van der Waals surface area contributed by atoms with E-state index >= 15 is 0 Å². The van der Waals surface area contributed by atoms with Gasteiger partial charge in [0, 0.05) is 43.6 Å². The molecule has 3 rings (SSSR count). The highest BCUT2D eigenvalue weighted by Crippen LogP contribution is 2.21. The third-order valence-corrected chi connectivity index (χ3v) is 4.91. The number of nitrogens with zero attached hydrogens (tertiary/aromatic N) is 1. The number of benzene rings is 3. The van der Waals surface area contributed by atoms with E-state index in [1.165, 1.54) is 6.07 Å². The predicted octanol–water partition coefficient (Wildman–Crippen LogP) is 5.62. The second-order valence-electron chi connectivity index (χ2n) is 5.95. The molecule has 0 radical (unpaired) electrons. The molecule has 0 atom stereocenters. The number of nitro groups is 1. The van der Waals surface area contributed by atoms with Crippen molar-refractivity contribution < 1.29 is 14.5 Å². The SMILES string of the molecule is O=C(Nc1ccc(Br)cc1)c1cc(C(=O)Nc2ccc(Br)cc2)cc([N+](=O)[O-])c1. The van der Waals surface area contributed by atoms with Gasteiger partial charge in [0.2, 0.25) is 0 Å². The molecule has 0 aliphatic rings. The van der Waals surface area contributed by atoms with Gasteiger partial charge in [-0.1, -0.05) is 31.9 Å². The van der Waals surface area contributed by atoms with Gasteiger partial charge in [0.25, 0.3) is 17.5 Å². The van der Waals surface area contributed by atoms with Gasteiger partial charge in [-0.2, -0.15) is 0 Å². The number of carbonyl (C=O) groups is 2. The molecule has 0 saturated heterocycles. The summed E-state index contributed by atoms with van der Waals surface area (Å²) < 4.78 is 1.69. The third-order valence-electron chi connectivity index (χ3n) is 3.86. The van der Waals surface area contributed by atoms with Gasteiger partial charge in [0.05, 0.1) is 4.92 Å². The minimum absolute atomic E-state index is 0.00285. The number of nitrogens with one attached hydrogen (secondary N) is 2. The molecule has 0 spiro atoms. The molecule has 2 N–H and O–H groups in total. The fourth-order valence-electron chi connectivity index (χ4n) is 2.45. The van der Waals surface area contributed by atoms with Crippen LogP contribution in [0.2, 0.25) is 0 Å². The number of anilines is 2. The van der Waals surface area contributed by atoms with Gasteiger partial charge in [-0.05, 0) is 54.6 Å². The van der Waals surface area contributed by atoms with E-state index in [2.05, 4.69) is 42.5 Å². The van der Waals surface area contributed by atoms with Crippen LogP contribution in [-0.2, 0) is 0 Å². The summed E-state index contributed by atoms with van der Waals surface area (Å²) in [6, 6.07) is 17.3. The van der Waals surface area contributed by atoms with Crippen LogP contribution in [0.1, 0.15) is 20.7 Å². The Labute approximate surface area is 182 Å². The highest BCUT2D eigenvalue weighted by molar-refractivity contribution is 9.10. The van der Waals surface area contributed by atoms with Crippen molar-refractivity contribution in [3.05, 3.63) is 96.9 Å². The lowest BCUT2D eigenvalue weighted by molar-refractivity contribution is -0.384. The first kappa shape index (κ1) is 20.7. The molecule has 3 aromatic rings. The predicted molar refractivity (Wildman–Crippen MR) is 117 cm³/mol. The summed E-state index contributed by atoms with van der Waals surface area (Å²) in [5.41, 5.74) is 0.691. The van der Waals surface area contributed by atoms with E-state index in [1.807, 2.05) is 0 Å². The summed E-state index contributed by atoms with van der Waals surface area (Å²) in [4.78, 5) is 35.8. The Bertz CT molecular complexity index is 1010. The molecule has 146 valence electrons. The molecule has 2 amide bonds. The lowest BCUT2D eigenvalue weighted by Gasteiger charge is -2.09. The summed E-state index contributed by atoms with van der Waals surface area (Å²) in [6.45, 7) is 0. The number of rotatable bonds is 5. The lowest BCUT2D eigenvalue weighted by atomic mass is 10.1. The molecule has 0 unspecified atom stereocenters. The maximum absolute atomic E-state index is 12.6. The average Bonchev–Trinajstić information content (AvgIpc) is 2.71. The zero-order valence-electron chi connectivity index (χ0n) is 14.7. The molecule has 3 aromatic carbocycles. The zero-order chi connectivity index (χ0) is 21.0. The molecule has 0 heterocycles. The quantitative estimate of drug-likeness (QED) is 0.338. The first-order valence-electron chi connectivity index (χ1n) is 8.25. The van der Waals surface area contributed by atoms with Gasteiger partial charge in [-0.25, -0.2) is 0 Å². The lowest BCUT2D eigenvalue weighted by Crippen LogP contribution is -2.16. The summed E-state index contributed by atoms with van der Waals surface area (Å²) in [5, 5.41) is 16.6. The van der Waals surface area contributed by atoms with Crippen molar-refractivity contribution in [3.8, 4) is 0 Å². The Balaban J connectivity index is 1.87. The summed E-state index contributed by atoms with van der Waals surface area (Å²) in [7, 11) is 0. The largest absolute Gasteiger partial charge is 0.322 e. The van der Waals surface area contributed by atoms with Crippen LogP contribution in [0.5, 0.6) is 0 Å². The van der Waals surface area contributed by atoms with E-state index in [1.54, 1.807) is 48.5 Å². The van der Waals surface area contributed by atoms with Crippen molar-refractivity contribution in [3.63, 3.8) is 0 Å². The first-order chi connectivity index (χ1) is 13.8. The summed E-state index contributed by atoms with van der Waals surface area (Å²) >= 11 is 6.61. The Morgan fingerprint density at radius 2 is 1.10 bits per heavy atom. The minimum atomic E-state index is -0.646.